The van der Waals surface area contributed by atoms with Crippen LogP contribution in [0.2, 0.25) is 0 Å². The molecule has 0 saturated heterocycles. The zero-order valence-corrected chi connectivity index (χ0v) is 31.5. The molecule has 0 fully saturated rings. The molecule has 1 aliphatic heterocycles. The molecule has 0 spiro atoms. The Morgan fingerprint density at radius 3 is 1.88 bits per heavy atom. The van der Waals surface area contributed by atoms with Crippen LogP contribution in [0.3, 0.4) is 0 Å². The maximum atomic E-state index is 7.05. The summed E-state index contributed by atoms with van der Waals surface area (Å²) in [7, 11) is 3.06. The number of imidazole rings is 2. The Morgan fingerprint density at radius 1 is 0.529 bits per heavy atom. The normalized spacial score (nSPS) is 13.6. The molecule has 51 heavy (non-hydrogen) atoms. The molecule has 8 heteroatoms. The van der Waals surface area contributed by atoms with Crippen molar-refractivity contribution in [2.24, 2.45) is 0 Å². The molecule has 4 nitrogen and oxygen atoms in total. The Morgan fingerprint density at radius 2 is 1.12 bits per heavy atom. The van der Waals surface area contributed by atoms with Gasteiger partial charge in [0.15, 0.2) is 8.07 Å². The highest BCUT2D eigenvalue weighted by Gasteiger charge is 2.47. The van der Waals surface area contributed by atoms with E-state index in [2.05, 4.69) is 204 Å². The quantitative estimate of drug-likeness (QED) is 0.190. The van der Waals surface area contributed by atoms with E-state index in [1.165, 1.54) is 31.1 Å². The third-order valence-electron chi connectivity index (χ3n) is 10.4. The monoisotopic (exact) mass is 715 g/mol. The van der Waals surface area contributed by atoms with Gasteiger partial charge in [-0.3, -0.25) is 8.97 Å². The summed E-state index contributed by atoms with van der Waals surface area (Å²) in [6, 6.07) is 63.4. The Bertz CT molecular complexity index is 2740. The van der Waals surface area contributed by atoms with Crippen molar-refractivity contribution in [1.82, 2.24) is 14.0 Å². The van der Waals surface area contributed by atoms with Crippen molar-refractivity contribution in [3.05, 3.63) is 176 Å². The molecule has 0 unspecified atom stereocenters. The van der Waals surface area contributed by atoms with E-state index < -0.39 is 15.2 Å². The molecule has 238 valence electrons. The average molecular weight is 716 g/mol. The van der Waals surface area contributed by atoms with E-state index in [1.807, 2.05) is 0 Å². The number of aromatic nitrogens is 3. The third kappa shape index (κ3) is 4.37. The molecule has 0 N–H and O–H groups in total. The Balaban J connectivity index is 1.31. The van der Waals surface area contributed by atoms with Crippen molar-refractivity contribution in [1.29, 1.82) is 0 Å². The van der Waals surface area contributed by atoms with Crippen molar-refractivity contribution in [3.63, 3.8) is 0 Å². The van der Waals surface area contributed by atoms with E-state index in [9.17, 15) is 0 Å². The number of hydrogen-bond acceptors (Lipinski definition) is 2. The van der Waals surface area contributed by atoms with Gasteiger partial charge < -0.3 is 4.74 Å². The number of ether oxygens (including phenoxy) is 1. The lowest BCUT2D eigenvalue weighted by atomic mass is 10.2. The zero-order valence-electron chi connectivity index (χ0n) is 27.5. The molecule has 0 bridgehead atoms. The first kappa shape index (κ1) is 30.3. The summed E-state index contributed by atoms with van der Waals surface area (Å²) in [4.78, 5) is 5.20. The summed E-state index contributed by atoms with van der Waals surface area (Å²) in [5.74, 6) is 2.72. The molecule has 3 heterocycles. The van der Waals surface area contributed by atoms with Gasteiger partial charge in [-0.05, 0) is 73.6 Å². The molecule has 9 aromatic rings. The largest absolute Gasteiger partial charge is 0.458 e. The van der Waals surface area contributed by atoms with Gasteiger partial charge in [0.05, 0.1) is 29.2 Å². The Labute approximate surface area is 304 Å². The van der Waals surface area contributed by atoms with Crippen molar-refractivity contribution < 1.29 is 4.74 Å². The standard InChI is InChI=1S/C43H29N3OSi4/c48-51(49)39-26-12-11-25-38(39)47-42-40(27-14-28-41(42)51)50(31-16-3-1-4-17-31,32-18-5-2-6-19-32)33-20-13-15-30(29-33)45-36-23-9-10-24-37(36)46-35-22-8-7-21-34(35)44-43(45)46/h1-29H. The van der Waals surface area contributed by atoms with Crippen LogP contribution >= 0.6 is 0 Å². The Kier molecular flexibility index (Phi) is 6.84. The summed E-state index contributed by atoms with van der Waals surface area (Å²) in [5, 5.41) is 7.39. The van der Waals surface area contributed by atoms with Gasteiger partial charge in [-0.2, -0.15) is 0 Å². The van der Waals surface area contributed by atoms with Crippen LogP contribution in [-0.4, -0.2) is 48.7 Å². The van der Waals surface area contributed by atoms with Gasteiger partial charge in [0.1, 0.15) is 11.5 Å². The molecule has 1 aliphatic rings. The maximum Gasteiger partial charge on any atom is 0.220 e. The van der Waals surface area contributed by atoms with Crippen molar-refractivity contribution in [3.8, 4) is 17.2 Å². The predicted molar refractivity (Wildman–Crippen MR) is 216 cm³/mol. The van der Waals surface area contributed by atoms with E-state index in [0.717, 1.165) is 45.0 Å². The fourth-order valence-corrected chi connectivity index (χ4v) is 17.6. The van der Waals surface area contributed by atoms with Crippen LogP contribution in [0.15, 0.2) is 176 Å². The van der Waals surface area contributed by atoms with Gasteiger partial charge in [0.2, 0.25) is 5.78 Å². The van der Waals surface area contributed by atoms with E-state index in [4.69, 9.17) is 9.72 Å². The summed E-state index contributed by atoms with van der Waals surface area (Å²) in [5.41, 5.74) is 5.38. The van der Waals surface area contributed by atoms with E-state index in [1.54, 1.807) is 0 Å². The summed E-state index contributed by atoms with van der Waals surface area (Å²) < 4.78 is 11.7. The smallest absolute Gasteiger partial charge is 0.220 e. The molecule has 0 atom stereocenters. The lowest BCUT2D eigenvalue weighted by molar-refractivity contribution is 0.491. The highest BCUT2D eigenvalue weighted by Crippen LogP contribution is 2.31. The lowest BCUT2D eigenvalue weighted by Gasteiger charge is -2.40. The van der Waals surface area contributed by atoms with Gasteiger partial charge in [-0.15, -0.1) is 0 Å². The minimum absolute atomic E-state index is 0.888. The highest BCUT2D eigenvalue weighted by molar-refractivity contribution is 7.53. The second-order valence-corrected chi connectivity index (χ2v) is 25.5. The van der Waals surface area contributed by atoms with Crippen molar-refractivity contribution >= 4 is 93.7 Å². The molecule has 6 radical (unpaired) electrons. The number of nitrogens with zero attached hydrogens (tertiary/aromatic N) is 3. The number of fused-ring (bicyclic) bond motifs is 7. The fourth-order valence-electron chi connectivity index (χ4n) is 8.18. The van der Waals surface area contributed by atoms with Crippen LogP contribution < -0.4 is 35.9 Å². The van der Waals surface area contributed by atoms with Gasteiger partial charge in [-0.1, -0.05) is 133 Å². The van der Waals surface area contributed by atoms with Crippen LogP contribution in [-0.2, 0) is 0 Å². The first-order valence-electron chi connectivity index (χ1n) is 17.1. The summed E-state index contributed by atoms with van der Waals surface area (Å²) >= 11 is 0. The molecule has 2 aromatic heterocycles. The average Bonchev–Trinajstić information content (AvgIpc) is 3.71. The third-order valence-corrected chi connectivity index (χ3v) is 20.8. The minimum atomic E-state index is -3.06. The number of benzene rings is 7. The molecule has 0 amide bonds. The SMILES string of the molecule is [Si][Si]1([Si])c2ccccc2Oc2c1cccc2[Si](c1ccccc1)(c1ccccc1)c1cccc(-n2c3ccccc3n3c4ccccc4nc23)c1. The minimum Gasteiger partial charge on any atom is -0.458 e. The first-order chi connectivity index (χ1) is 25.1. The van der Waals surface area contributed by atoms with E-state index in [0.29, 0.717) is 0 Å². The molecule has 0 saturated carbocycles. The molecular formula is C43H29N3OSi4. The van der Waals surface area contributed by atoms with Crippen LogP contribution in [0.25, 0.3) is 33.5 Å². The number of rotatable bonds is 5. The zero-order chi connectivity index (χ0) is 34.2. The maximum absolute atomic E-state index is 7.05. The fraction of sp³-hybridized carbons (Fsp3) is 0. The van der Waals surface area contributed by atoms with Crippen LogP contribution in [0, 0.1) is 0 Å². The van der Waals surface area contributed by atoms with Crippen molar-refractivity contribution in [2.45, 2.75) is 0 Å². The highest BCUT2D eigenvalue weighted by atomic mass is 29.6. The Hall–Kier alpha value is -5.52. The van der Waals surface area contributed by atoms with E-state index in [-0.39, 0.29) is 0 Å². The lowest BCUT2D eigenvalue weighted by Crippen LogP contribution is -2.76. The predicted octanol–water partition coefficient (Wildman–Crippen LogP) is 4.81. The topological polar surface area (TPSA) is 31.5 Å². The molecule has 0 aliphatic carbocycles. The summed E-state index contributed by atoms with van der Waals surface area (Å²) in [6.45, 7) is 0. The van der Waals surface area contributed by atoms with Crippen molar-refractivity contribution in [2.75, 3.05) is 0 Å². The first-order valence-corrected chi connectivity index (χ1v) is 24.1. The van der Waals surface area contributed by atoms with Gasteiger partial charge in [-0.25, -0.2) is 4.98 Å². The van der Waals surface area contributed by atoms with Crippen LogP contribution in [0.1, 0.15) is 0 Å². The summed E-state index contributed by atoms with van der Waals surface area (Å²) in [6.07, 6.45) is 0. The number of hydrogen-bond donors (Lipinski definition) is 0. The van der Waals surface area contributed by atoms with Gasteiger partial charge >= 0.3 is 0 Å². The van der Waals surface area contributed by atoms with E-state index >= 15 is 0 Å². The second kappa shape index (κ2) is 11.5. The van der Waals surface area contributed by atoms with Gasteiger partial charge in [0, 0.05) is 25.2 Å². The number of para-hydroxylation sites is 6. The van der Waals surface area contributed by atoms with Crippen LogP contribution in [0.5, 0.6) is 11.5 Å². The molecule has 10 rings (SSSR count). The molecular weight excluding hydrogens is 687 g/mol. The second-order valence-electron chi connectivity index (χ2n) is 13.1. The van der Waals surface area contributed by atoms with Gasteiger partial charge in [0.25, 0.3) is 0 Å². The van der Waals surface area contributed by atoms with Crippen LogP contribution in [0.4, 0.5) is 0 Å². The molecule has 7 aromatic carbocycles.